The summed E-state index contributed by atoms with van der Waals surface area (Å²) < 4.78 is 11.1. The maximum Gasteiger partial charge on any atom is 0.244 e. The molecule has 7 heteroatoms. The van der Waals surface area contributed by atoms with Gasteiger partial charge in [0.1, 0.15) is 17.1 Å². The molecule has 31 heavy (non-hydrogen) atoms. The van der Waals surface area contributed by atoms with E-state index in [0.717, 1.165) is 23.2 Å². The minimum atomic E-state index is -0.267. The molecule has 1 aromatic heterocycles. The minimum absolute atomic E-state index is 0.0224. The van der Waals surface area contributed by atoms with Crippen LogP contribution in [0.2, 0.25) is 0 Å². The molecule has 2 N–H and O–H groups in total. The number of nitrogens with zero attached hydrogens (tertiary/aromatic N) is 1. The maximum absolute atomic E-state index is 12.8. The van der Waals surface area contributed by atoms with Gasteiger partial charge in [-0.2, -0.15) is 0 Å². The monoisotopic (exact) mass is 423 g/mol. The van der Waals surface area contributed by atoms with Crippen LogP contribution in [-0.4, -0.2) is 43.5 Å². The Morgan fingerprint density at radius 2 is 1.87 bits per heavy atom. The van der Waals surface area contributed by atoms with Crippen molar-refractivity contribution in [2.45, 2.75) is 26.3 Å². The fourth-order valence-electron chi connectivity index (χ4n) is 3.34. The summed E-state index contributed by atoms with van der Waals surface area (Å²) in [5.74, 6) is 0.937. The molecular weight excluding hydrogens is 394 g/mol. The van der Waals surface area contributed by atoms with Gasteiger partial charge >= 0.3 is 0 Å². The molecule has 1 atom stereocenters. The molecule has 0 bridgehead atoms. The lowest BCUT2D eigenvalue weighted by Crippen LogP contribution is -2.43. The minimum Gasteiger partial charge on any atom is -0.495 e. The molecule has 0 aliphatic rings. The number of amides is 2. The topological polar surface area (TPSA) is 83.8 Å². The van der Waals surface area contributed by atoms with Crippen LogP contribution in [0.1, 0.15) is 32.1 Å². The molecule has 2 amide bonds. The van der Waals surface area contributed by atoms with Crippen LogP contribution in [0.25, 0.3) is 11.0 Å². The van der Waals surface area contributed by atoms with Gasteiger partial charge in [0.2, 0.25) is 11.8 Å². The van der Waals surface area contributed by atoms with E-state index in [0.29, 0.717) is 18.0 Å². The molecule has 0 saturated carbocycles. The van der Waals surface area contributed by atoms with Crippen LogP contribution in [0, 0.1) is 0 Å². The standard InChI is InChI=1S/C24H29N3O4/c1-4-13-27(16-23(28)26-19-10-6-8-12-21(19)30-3)24(29)15-25-17(2)22-14-18-9-5-7-11-20(18)31-22/h5-12,14,17,25H,4,13,15-16H2,1-3H3,(H,26,28). The number of para-hydroxylation sites is 3. The fourth-order valence-corrected chi connectivity index (χ4v) is 3.34. The first kappa shape index (κ1) is 22.4. The Labute approximate surface area is 182 Å². The summed E-state index contributed by atoms with van der Waals surface area (Å²) in [6, 6.07) is 16.8. The van der Waals surface area contributed by atoms with Gasteiger partial charge in [-0.05, 0) is 37.6 Å². The Balaban J connectivity index is 1.57. The van der Waals surface area contributed by atoms with Gasteiger partial charge in [-0.1, -0.05) is 37.3 Å². The van der Waals surface area contributed by atoms with Gasteiger partial charge in [-0.25, -0.2) is 0 Å². The van der Waals surface area contributed by atoms with Gasteiger partial charge in [0.15, 0.2) is 0 Å². The second kappa shape index (κ2) is 10.6. The van der Waals surface area contributed by atoms with Gasteiger partial charge in [-0.3, -0.25) is 14.9 Å². The largest absolute Gasteiger partial charge is 0.495 e. The summed E-state index contributed by atoms with van der Waals surface area (Å²) in [6.07, 6.45) is 0.757. The second-order valence-corrected chi connectivity index (χ2v) is 7.35. The highest BCUT2D eigenvalue weighted by Crippen LogP contribution is 2.24. The van der Waals surface area contributed by atoms with Crippen molar-refractivity contribution in [2.24, 2.45) is 0 Å². The highest BCUT2D eigenvalue weighted by molar-refractivity contribution is 5.95. The normalized spacial score (nSPS) is 11.8. The zero-order valence-electron chi connectivity index (χ0n) is 18.2. The Bertz CT molecular complexity index is 997. The summed E-state index contributed by atoms with van der Waals surface area (Å²) in [4.78, 5) is 26.9. The highest BCUT2D eigenvalue weighted by Gasteiger charge is 2.19. The number of hydrogen-bond donors (Lipinski definition) is 2. The zero-order valence-corrected chi connectivity index (χ0v) is 18.2. The first-order valence-corrected chi connectivity index (χ1v) is 10.4. The average molecular weight is 424 g/mol. The molecule has 2 aromatic carbocycles. The molecular formula is C24H29N3O4. The third-order valence-electron chi connectivity index (χ3n) is 4.99. The number of carbonyl (C=O) groups is 2. The number of nitrogens with one attached hydrogen (secondary N) is 2. The fraction of sp³-hybridized carbons (Fsp3) is 0.333. The van der Waals surface area contributed by atoms with Crippen LogP contribution in [0.4, 0.5) is 5.69 Å². The maximum atomic E-state index is 12.8. The molecule has 3 rings (SSSR count). The van der Waals surface area contributed by atoms with Crippen molar-refractivity contribution in [2.75, 3.05) is 32.1 Å². The van der Waals surface area contributed by atoms with Crippen LogP contribution in [0.5, 0.6) is 5.75 Å². The lowest BCUT2D eigenvalue weighted by Gasteiger charge is -2.23. The van der Waals surface area contributed by atoms with Crippen molar-refractivity contribution >= 4 is 28.5 Å². The van der Waals surface area contributed by atoms with E-state index in [2.05, 4.69) is 10.6 Å². The molecule has 0 spiro atoms. The molecule has 0 aliphatic heterocycles. The van der Waals surface area contributed by atoms with E-state index in [4.69, 9.17) is 9.15 Å². The van der Waals surface area contributed by atoms with E-state index in [1.165, 1.54) is 0 Å². The van der Waals surface area contributed by atoms with Crippen LogP contribution < -0.4 is 15.4 Å². The Kier molecular flexibility index (Phi) is 7.67. The van der Waals surface area contributed by atoms with Crippen LogP contribution in [0.3, 0.4) is 0 Å². The number of anilines is 1. The quantitative estimate of drug-likeness (QED) is 0.516. The van der Waals surface area contributed by atoms with E-state index in [1.807, 2.05) is 56.3 Å². The highest BCUT2D eigenvalue weighted by atomic mass is 16.5. The summed E-state index contributed by atoms with van der Waals surface area (Å²) in [6.45, 7) is 4.51. The van der Waals surface area contributed by atoms with Crippen LogP contribution >= 0.6 is 0 Å². The third-order valence-corrected chi connectivity index (χ3v) is 4.99. The number of methoxy groups -OCH3 is 1. The number of hydrogen-bond acceptors (Lipinski definition) is 5. The van der Waals surface area contributed by atoms with Crippen molar-refractivity contribution < 1.29 is 18.7 Å². The van der Waals surface area contributed by atoms with Crippen molar-refractivity contribution in [3.05, 3.63) is 60.4 Å². The number of fused-ring (bicyclic) bond motifs is 1. The Morgan fingerprint density at radius 3 is 2.61 bits per heavy atom. The van der Waals surface area contributed by atoms with Crippen molar-refractivity contribution in [1.29, 1.82) is 0 Å². The number of rotatable bonds is 10. The third kappa shape index (κ3) is 5.86. The summed E-state index contributed by atoms with van der Waals surface area (Å²) >= 11 is 0. The number of benzene rings is 2. The lowest BCUT2D eigenvalue weighted by molar-refractivity contribution is -0.134. The predicted molar refractivity (Wildman–Crippen MR) is 121 cm³/mol. The van der Waals surface area contributed by atoms with Gasteiger partial charge in [0, 0.05) is 11.9 Å². The molecule has 3 aromatic rings. The van der Waals surface area contributed by atoms with E-state index < -0.39 is 0 Å². The zero-order chi connectivity index (χ0) is 22.2. The molecule has 7 nitrogen and oxygen atoms in total. The second-order valence-electron chi connectivity index (χ2n) is 7.35. The van der Waals surface area contributed by atoms with E-state index in [1.54, 1.807) is 24.1 Å². The SMILES string of the molecule is CCCN(CC(=O)Nc1ccccc1OC)C(=O)CNC(C)c1cc2ccccc2o1. The summed E-state index contributed by atoms with van der Waals surface area (Å²) in [5.41, 5.74) is 1.40. The Hall–Kier alpha value is -3.32. The van der Waals surface area contributed by atoms with E-state index >= 15 is 0 Å². The summed E-state index contributed by atoms with van der Waals surface area (Å²) in [5, 5.41) is 7.05. The van der Waals surface area contributed by atoms with Gasteiger partial charge in [0.05, 0.1) is 31.9 Å². The average Bonchev–Trinajstić information content (AvgIpc) is 3.21. The molecule has 0 aliphatic carbocycles. The number of furan rings is 1. The van der Waals surface area contributed by atoms with Gasteiger partial charge in [0.25, 0.3) is 0 Å². The lowest BCUT2D eigenvalue weighted by atomic mass is 10.2. The van der Waals surface area contributed by atoms with Crippen molar-refractivity contribution in [1.82, 2.24) is 10.2 Å². The Morgan fingerprint density at radius 1 is 1.13 bits per heavy atom. The van der Waals surface area contributed by atoms with Crippen molar-refractivity contribution in [3.63, 3.8) is 0 Å². The molecule has 0 fully saturated rings. The van der Waals surface area contributed by atoms with Gasteiger partial charge in [-0.15, -0.1) is 0 Å². The van der Waals surface area contributed by atoms with E-state index in [-0.39, 0.29) is 30.9 Å². The van der Waals surface area contributed by atoms with Gasteiger partial charge < -0.3 is 19.4 Å². The van der Waals surface area contributed by atoms with Crippen molar-refractivity contribution in [3.8, 4) is 5.75 Å². The number of ether oxygens (including phenoxy) is 1. The smallest absolute Gasteiger partial charge is 0.244 e. The first-order chi connectivity index (χ1) is 15.0. The van der Waals surface area contributed by atoms with Crippen LogP contribution in [-0.2, 0) is 9.59 Å². The first-order valence-electron chi connectivity index (χ1n) is 10.4. The molecule has 164 valence electrons. The van der Waals surface area contributed by atoms with E-state index in [9.17, 15) is 9.59 Å². The van der Waals surface area contributed by atoms with Crippen LogP contribution in [0.15, 0.2) is 59.0 Å². The molecule has 1 heterocycles. The summed E-state index contributed by atoms with van der Waals surface area (Å²) in [7, 11) is 1.55. The molecule has 0 saturated heterocycles. The predicted octanol–water partition coefficient (Wildman–Crippen LogP) is 3.97. The molecule has 0 radical (unpaired) electrons. The molecule has 1 unspecified atom stereocenters. The number of carbonyl (C=O) groups excluding carboxylic acids is 2.